The number of carboxylic acids is 1. The van der Waals surface area contributed by atoms with Gasteiger partial charge in [-0.1, -0.05) is 38.1 Å². The van der Waals surface area contributed by atoms with Gasteiger partial charge in [0.25, 0.3) is 0 Å². The third kappa shape index (κ3) is 8.03. The number of thioether (sulfide) groups is 1. The Morgan fingerprint density at radius 1 is 1.07 bits per heavy atom. The zero-order valence-corrected chi connectivity index (χ0v) is 25.6. The third-order valence-corrected chi connectivity index (χ3v) is 8.27. The molecule has 1 saturated heterocycles. The number of carboxylic acid groups (broad SMARTS) is 1. The zero-order valence-electron chi connectivity index (χ0n) is 24.8. The first-order valence-electron chi connectivity index (χ1n) is 13.9. The summed E-state index contributed by atoms with van der Waals surface area (Å²) in [6.45, 7) is 12.3. The van der Waals surface area contributed by atoms with Gasteiger partial charge in [-0.2, -0.15) is 0 Å². The van der Waals surface area contributed by atoms with Crippen molar-refractivity contribution in [2.24, 2.45) is 17.8 Å². The van der Waals surface area contributed by atoms with Crippen molar-refractivity contribution in [3.8, 4) is 5.75 Å². The Kier molecular flexibility index (Phi) is 10.7. The van der Waals surface area contributed by atoms with E-state index in [1.807, 2.05) is 56.5 Å². The van der Waals surface area contributed by atoms with Gasteiger partial charge in [0.15, 0.2) is 11.4 Å². The summed E-state index contributed by atoms with van der Waals surface area (Å²) in [6, 6.07) is 11.7. The molecule has 1 N–H and O–H groups in total. The van der Waals surface area contributed by atoms with E-state index >= 15 is 0 Å². The highest BCUT2D eigenvalue weighted by Crippen LogP contribution is 2.33. The van der Waals surface area contributed by atoms with Crippen molar-refractivity contribution in [3.05, 3.63) is 58.7 Å². The van der Waals surface area contributed by atoms with Crippen LogP contribution in [0, 0.1) is 31.6 Å². The lowest BCUT2D eigenvalue weighted by molar-refractivity contribution is -0.152. The molecule has 0 spiro atoms. The van der Waals surface area contributed by atoms with Crippen molar-refractivity contribution in [1.29, 1.82) is 0 Å². The number of ketones is 1. The highest BCUT2D eigenvalue weighted by atomic mass is 32.2. The van der Waals surface area contributed by atoms with Crippen LogP contribution in [-0.2, 0) is 16.0 Å². The summed E-state index contributed by atoms with van der Waals surface area (Å²) in [5, 5.41) is 9.46. The first-order chi connectivity index (χ1) is 18.8. The Morgan fingerprint density at radius 3 is 2.25 bits per heavy atom. The highest BCUT2D eigenvalue weighted by Gasteiger charge is 2.40. The van der Waals surface area contributed by atoms with Crippen molar-refractivity contribution in [2.45, 2.75) is 71.3 Å². The zero-order chi connectivity index (χ0) is 29.6. The van der Waals surface area contributed by atoms with Gasteiger partial charge < -0.3 is 19.5 Å². The van der Waals surface area contributed by atoms with E-state index in [2.05, 4.69) is 13.8 Å². The van der Waals surface area contributed by atoms with E-state index in [-0.39, 0.29) is 23.7 Å². The number of carbonyl (C=O) groups excluding carboxylic acids is 2. The molecule has 7 nitrogen and oxygen atoms in total. The second kappa shape index (κ2) is 13.6. The molecule has 1 fully saturated rings. The van der Waals surface area contributed by atoms with E-state index in [4.69, 9.17) is 9.47 Å². The van der Waals surface area contributed by atoms with Crippen molar-refractivity contribution in [3.63, 3.8) is 0 Å². The molecular formula is C32H43NO6S. The first-order valence-corrected chi connectivity index (χ1v) is 15.2. The predicted molar refractivity (Wildman–Crippen MR) is 158 cm³/mol. The number of nitrogens with zero attached hydrogens (tertiary/aromatic N) is 1. The largest absolute Gasteiger partial charge is 0.478 e. The Bertz CT molecular complexity index is 1180. The van der Waals surface area contributed by atoms with E-state index < -0.39 is 11.6 Å². The molecular weight excluding hydrogens is 526 g/mol. The Labute approximate surface area is 242 Å². The van der Waals surface area contributed by atoms with Gasteiger partial charge in [0.05, 0.1) is 6.61 Å². The van der Waals surface area contributed by atoms with E-state index in [1.54, 1.807) is 16.7 Å². The molecule has 1 heterocycles. The molecule has 1 aliphatic rings. The summed E-state index contributed by atoms with van der Waals surface area (Å²) >= 11 is 1.63. The number of benzene rings is 2. The molecule has 3 rings (SSSR count). The summed E-state index contributed by atoms with van der Waals surface area (Å²) in [5.41, 5.74) is 2.15. The van der Waals surface area contributed by atoms with Gasteiger partial charge in [0, 0.05) is 29.5 Å². The van der Waals surface area contributed by atoms with Crippen LogP contribution in [0.25, 0.3) is 0 Å². The van der Waals surface area contributed by atoms with Gasteiger partial charge in [0.1, 0.15) is 5.75 Å². The fraction of sp³-hybridized carbons (Fsp3) is 0.531. The molecule has 2 atom stereocenters. The lowest BCUT2D eigenvalue weighted by atomic mass is 9.84. The normalized spacial score (nSPS) is 17.2. The minimum atomic E-state index is -1.34. The summed E-state index contributed by atoms with van der Waals surface area (Å²) in [6.07, 6.45) is 3.90. The average molecular weight is 570 g/mol. The second-order valence-electron chi connectivity index (χ2n) is 11.7. The number of likely N-dealkylation sites (tertiary alicyclic amines) is 1. The number of Topliss-reactive ketones (excluding diaryl/α,β-unsaturated/α-hetero) is 1. The Morgan fingerprint density at radius 2 is 1.70 bits per heavy atom. The van der Waals surface area contributed by atoms with Crippen LogP contribution in [-0.4, -0.2) is 59.4 Å². The van der Waals surface area contributed by atoms with Crippen LogP contribution in [0.1, 0.15) is 67.6 Å². The topological polar surface area (TPSA) is 93.1 Å². The van der Waals surface area contributed by atoms with E-state index in [0.29, 0.717) is 36.9 Å². The maximum absolute atomic E-state index is 13.6. The van der Waals surface area contributed by atoms with Crippen LogP contribution in [0.3, 0.4) is 0 Å². The van der Waals surface area contributed by atoms with Crippen LogP contribution in [0.5, 0.6) is 5.75 Å². The van der Waals surface area contributed by atoms with Crippen molar-refractivity contribution in [2.75, 3.05) is 26.0 Å². The van der Waals surface area contributed by atoms with Gasteiger partial charge >= 0.3 is 12.1 Å². The molecule has 0 saturated carbocycles. The molecule has 1 amide bonds. The Balaban J connectivity index is 1.77. The number of amides is 1. The van der Waals surface area contributed by atoms with Crippen LogP contribution in [0.15, 0.2) is 41.3 Å². The molecule has 1 aliphatic heterocycles. The van der Waals surface area contributed by atoms with E-state index in [1.165, 1.54) is 13.8 Å². The molecule has 2 unspecified atom stereocenters. The van der Waals surface area contributed by atoms with Gasteiger partial charge in [-0.15, -0.1) is 11.8 Å². The maximum Gasteiger partial charge on any atom is 0.409 e. The van der Waals surface area contributed by atoms with E-state index in [0.717, 1.165) is 40.8 Å². The first kappa shape index (κ1) is 31.5. The Hall–Kier alpha value is -3.00. The van der Waals surface area contributed by atoms with Crippen LogP contribution in [0.2, 0.25) is 0 Å². The molecule has 40 heavy (non-hydrogen) atoms. The van der Waals surface area contributed by atoms with Crippen LogP contribution >= 0.6 is 11.8 Å². The molecule has 0 bridgehead atoms. The SMILES string of the molecule is CSc1ccc(C(=O)C2CN(C(=O)OCCC(C)C)CC2CCc2cc(C)c(OC(C)(C)C(=O)O)c(C)c2)cc1. The van der Waals surface area contributed by atoms with Gasteiger partial charge in [-0.05, 0) is 93.9 Å². The van der Waals surface area contributed by atoms with Gasteiger partial charge in [0.2, 0.25) is 0 Å². The number of carbonyl (C=O) groups is 3. The summed E-state index contributed by atoms with van der Waals surface area (Å²) in [7, 11) is 0. The molecule has 0 aromatic heterocycles. The van der Waals surface area contributed by atoms with Crippen LogP contribution in [0.4, 0.5) is 4.79 Å². The van der Waals surface area contributed by atoms with Crippen molar-refractivity contribution < 1.29 is 29.0 Å². The number of aliphatic carboxylic acids is 1. The number of hydrogen-bond acceptors (Lipinski definition) is 6. The minimum Gasteiger partial charge on any atom is -0.478 e. The number of hydrogen-bond donors (Lipinski definition) is 1. The molecule has 218 valence electrons. The van der Waals surface area contributed by atoms with Gasteiger partial charge in [-0.3, -0.25) is 4.79 Å². The summed E-state index contributed by atoms with van der Waals surface area (Å²) in [4.78, 5) is 40.8. The maximum atomic E-state index is 13.6. The number of aryl methyl sites for hydroxylation is 3. The fourth-order valence-electron chi connectivity index (χ4n) is 5.05. The number of rotatable bonds is 12. The summed E-state index contributed by atoms with van der Waals surface area (Å²) in [5.74, 6) is -0.262. The van der Waals surface area contributed by atoms with Crippen molar-refractivity contribution in [1.82, 2.24) is 4.90 Å². The smallest absolute Gasteiger partial charge is 0.409 e. The second-order valence-corrected chi connectivity index (χ2v) is 12.6. The molecule has 8 heteroatoms. The lowest BCUT2D eigenvalue weighted by Crippen LogP contribution is -2.38. The third-order valence-electron chi connectivity index (χ3n) is 7.53. The standard InChI is InChI=1S/C32H43NO6S/c1-20(2)14-15-38-31(37)33-18-25(27(19-33)28(34)24-10-12-26(40-7)13-11-24)9-8-23-16-21(3)29(22(4)17-23)39-32(5,6)30(35)36/h10-13,16-17,20,25,27H,8-9,14-15,18-19H2,1-7H3,(H,35,36). The molecule has 0 radical (unpaired) electrons. The molecule has 0 aliphatic carbocycles. The fourth-order valence-corrected chi connectivity index (χ4v) is 5.46. The predicted octanol–water partition coefficient (Wildman–Crippen LogP) is 6.81. The van der Waals surface area contributed by atoms with Crippen molar-refractivity contribution >= 4 is 29.6 Å². The van der Waals surface area contributed by atoms with Gasteiger partial charge in [-0.25, -0.2) is 9.59 Å². The average Bonchev–Trinajstić information content (AvgIpc) is 3.33. The number of ether oxygens (including phenoxy) is 2. The molecule has 2 aromatic carbocycles. The quantitative estimate of drug-likeness (QED) is 0.222. The lowest BCUT2D eigenvalue weighted by Gasteiger charge is -2.25. The highest BCUT2D eigenvalue weighted by molar-refractivity contribution is 7.98. The van der Waals surface area contributed by atoms with E-state index in [9.17, 15) is 19.5 Å². The molecule has 2 aromatic rings. The van der Waals surface area contributed by atoms with Crippen LogP contribution < -0.4 is 4.74 Å². The monoisotopic (exact) mass is 569 g/mol. The minimum absolute atomic E-state index is 0.00661. The summed E-state index contributed by atoms with van der Waals surface area (Å²) < 4.78 is 11.4.